The van der Waals surface area contributed by atoms with E-state index in [1.807, 2.05) is 0 Å². The Balaban J connectivity index is 1.74. The van der Waals surface area contributed by atoms with Crippen LogP contribution in [0, 0.1) is 22.7 Å². The molecule has 24 heavy (non-hydrogen) atoms. The van der Waals surface area contributed by atoms with Crippen molar-refractivity contribution in [1.29, 1.82) is 0 Å². The average molecular weight is 338 g/mol. The fourth-order valence-corrected chi connectivity index (χ4v) is 7.00. The molecule has 0 bridgehead atoms. The lowest BCUT2D eigenvalue weighted by Gasteiger charge is -2.65. The van der Waals surface area contributed by atoms with E-state index in [2.05, 4.69) is 20.8 Å². The maximum atomic E-state index is 10.7. The van der Waals surface area contributed by atoms with Gasteiger partial charge in [0.2, 0.25) is 0 Å². The SMILES string of the molecule is C[C@@H]1CC[C@@H]2[C@](C)(CO)[C@H](O)CC[C@]2(C)[C@@]12CC[C@@]1(CCOC1)O2. The minimum atomic E-state index is -0.411. The first-order chi connectivity index (χ1) is 11.3. The largest absolute Gasteiger partial charge is 0.396 e. The molecule has 2 saturated carbocycles. The van der Waals surface area contributed by atoms with E-state index in [0.717, 1.165) is 58.2 Å². The zero-order chi connectivity index (χ0) is 17.2. The molecule has 7 atom stereocenters. The van der Waals surface area contributed by atoms with Crippen LogP contribution in [0.4, 0.5) is 0 Å². The van der Waals surface area contributed by atoms with Gasteiger partial charge in [0.1, 0.15) is 0 Å². The van der Waals surface area contributed by atoms with Crippen molar-refractivity contribution in [1.82, 2.24) is 0 Å². The summed E-state index contributed by atoms with van der Waals surface area (Å²) in [6, 6.07) is 0. The van der Waals surface area contributed by atoms with E-state index in [0.29, 0.717) is 11.8 Å². The topological polar surface area (TPSA) is 58.9 Å². The molecule has 4 nitrogen and oxygen atoms in total. The molecule has 0 radical (unpaired) electrons. The average Bonchev–Trinajstić information content (AvgIpc) is 3.18. The molecule has 0 aromatic carbocycles. The summed E-state index contributed by atoms with van der Waals surface area (Å²) in [4.78, 5) is 0. The summed E-state index contributed by atoms with van der Waals surface area (Å²) in [7, 11) is 0. The van der Waals surface area contributed by atoms with Crippen LogP contribution in [0.5, 0.6) is 0 Å². The minimum Gasteiger partial charge on any atom is -0.396 e. The Labute approximate surface area is 145 Å². The quantitative estimate of drug-likeness (QED) is 0.772. The van der Waals surface area contributed by atoms with Crippen LogP contribution in [0.1, 0.15) is 65.7 Å². The van der Waals surface area contributed by atoms with E-state index in [1.54, 1.807) is 0 Å². The molecule has 0 aromatic heterocycles. The highest BCUT2D eigenvalue weighted by Crippen LogP contribution is 2.68. The smallest absolute Gasteiger partial charge is 0.0945 e. The molecular weight excluding hydrogens is 304 g/mol. The van der Waals surface area contributed by atoms with E-state index in [4.69, 9.17) is 9.47 Å². The highest BCUT2D eigenvalue weighted by atomic mass is 16.6. The molecule has 2 saturated heterocycles. The van der Waals surface area contributed by atoms with Crippen LogP contribution in [0.25, 0.3) is 0 Å². The van der Waals surface area contributed by atoms with Gasteiger partial charge in [-0.3, -0.25) is 0 Å². The summed E-state index contributed by atoms with van der Waals surface area (Å²) >= 11 is 0. The number of hydrogen-bond acceptors (Lipinski definition) is 4. The first kappa shape index (κ1) is 17.3. The molecule has 2 spiro atoms. The van der Waals surface area contributed by atoms with Crippen molar-refractivity contribution in [2.24, 2.45) is 22.7 Å². The molecule has 2 aliphatic carbocycles. The predicted molar refractivity (Wildman–Crippen MR) is 91.6 cm³/mol. The third kappa shape index (κ3) is 2.00. The van der Waals surface area contributed by atoms with E-state index in [9.17, 15) is 10.2 Å². The summed E-state index contributed by atoms with van der Waals surface area (Å²) in [5.41, 5.74) is -0.593. The molecule has 138 valence electrons. The molecule has 0 amide bonds. The highest BCUT2D eigenvalue weighted by Gasteiger charge is 2.69. The van der Waals surface area contributed by atoms with E-state index in [-0.39, 0.29) is 23.2 Å². The molecule has 2 N–H and O–H groups in total. The van der Waals surface area contributed by atoms with Crippen LogP contribution in [0.3, 0.4) is 0 Å². The number of rotatable bonds is 1. The molecule has 4 heteroatoms. The zero-order valence-electron chi connectivity index (χ0n) is 15.5. The summed E-state index contributed by atoms with van der Waals surface area (Å²) < 4.78 is 12.7. The van der Waals surface area contributed by atoms with Gasteiger partial charge in [-0.15, -0.1) is 0 Å². The monoisotopic (exact) mass is 338 g/mol. The van der Waals surface area contributed by atoms with Crippen LogP contribution in [-0.2, 0) is 9.47 Å². The third-order valence-electron chi connectivity index (χ3n) is 8.67. The Morgan fingerprint density at radius 3 is 2.50 bits per heavy atom. The Morgan fingerprint density at radius 1 is 1.04 bits per heavy atom. The predicted octanol–water partition coefficient (Wildman–Crippen LogP) is 2.90. The van der Waals surface area contributed by atoms with Gasteiger partial charge in [-0.05, 0) is 50.4 Å². The normalized spacial score (nSPS) is 57.6. The van der Waals surface area contributed by atoms with E-state index in [1.165, 1.54) is 0 Å². The Morgan fingerprint density at radius 2 is 1.83 bits per heavy atom. The van der Waals surface area contributed by atoms with Gasteiger partial charge in [0, 0.05) is 23.9 Å². The van der Waals surface area contributed by atoms with Crippen molar-refractivity contribution < 1.29 is 19.7 Å². The molecule has 4 aliphatic rings. The van der Waals surface area contributed by atoms with Crippen molar-refractivity contribution in [2.75, 3.05) is 19.8 Å². The van der Waals surface area contributed by atoms with Crippen molar-refractivity contribution >= 4 is 0 Å². The van der Waals surface area contributed by atoms with Crippen molar-refractivity contribution in [3.8, 4) is 0 Å². The second-order valence-corrected chi connectivity index (χ2v) is 9.64. The van der Waals surface area contributed by atoms with Crippen LogP contribution in [-0.4, -0.2) is 47.3 Å². The highest BCUT2D eigenvalue weighted by molar-refractivity contribution is 5.17. The summed E-state index contributed by atoms with van der Waals surface area (Å²) in [5, 5.41) is 20.8. The fraction of sp³-hybridized carbons (Fsp3) is 1.00. The first-order valence-electron chi connectivity index (χ1n) is 9.89. The van der Waals surface area contributed by atoms with Gasteiger partial charge in [0.05, 0.1) is 30.5 Å². The van der Waals surface area contributed by atoms with Crippen LogP contribution < -0.4 is 0 Å². The molecule has 2 heterocycles. The Hall–Kier alpha value is -0.160. The summed E-state index contributed by atoms with van der Waals surface area (Å²) in [6.45, 7) is 8.46. The van der Waals surface area contributed by atoms with Gasteiger partial charge in [-0.1, -0.05) is 20.8 Å². The maximum Gasteiger partial charge on any atom is 0.0945 e. The molecule has 4 fully saturated rings. The zero-order valence-corrected chi connectivity index (χ0v) is 15.5. The van der Waals surface area contributed by atoms with Gasteiger partial charge in [-0.25, -0.2) is 0 Å². The van der Waals surface area contributed by atoms with Crippen LogP contribution >= 0.6 is 0 Å². The van der Waals surface area contributed by atoms with E-state index >= 15 is 0 Å². The Kier molecular flexibility index (Phi) is 3.90. The second-order valence-electron chi connectivity index (χ2n) is 9.64. The number of ether oxygens (including phenoxy) is 2. The van der Waals surface area contributed by atoms with E-state index < -0.39 is 11.5 Å². The number of aliphatic hydroxyl groups excluding tert-OH is 2. The Bertz CT molecular complexity index is 502. The molecule has 0 aromatic rings. The maximum absolute atomic E-state index is 10.7. The van der Waals surface area contributed by atoms with Crippen molar-refractivity contribution in [3.05, 3.63) is 0 Å². The van der Waals surface area contributed by atoms with Gasteiger partial charge < -0.3 is 19.7 Å². The van der Waals surface area contributed by atoms with Crippen LogP contribution in [0.2, 0.25) is 0 Å². The van der Waals surface area contributed by atoms with Crippen LogP contribution in [0.15, 0.2) is 0 Å². The number of fused-ring (bicyclic) bond motifs is 2. The molecule has 0 unspecified atom stereocenters. The van der Waals surface area contributed by atoms with Gasteiger partial charge in [0.25, 0.3) is 0 Å². The van der Waals surface area contributed by atoms with Gasteiger partial charge in [-0.2, -0.15) is 0 Å². The summed E-state index contributed by atoms with van der Waals surface area (Å²) in [6.07, 6.45) is 6.78. The second kappa shape index (κ2) is 5.42. The number of aliphatic hydroxyl groups is 2. The molecule has 4 rings (SSSR count). The third-order valence-corrected chi connectivity index (χ3v) is 8.67. The fourth-order valence-electron chi connectivity index (χ4n) is 7.00. The van der Waals surface area contributed by atoms with Crippen molar-refractivity contribution in [2.45, 2.75) is 83.0 Å². The molecular formula is C20H34O4. The minimum absolute atomic E-state index is 0.0213. The number of hydrogen-bond donors (Lipinski definition) is 2. The van der Waals surface area contributed by atoms with Gasteiger partial charge in [0.15, 0.2) is 0 Å². The lowest BCUT2D eigenvalue weighted by Crippen LogP contribution is -2.66. The van der Waals surface area contributed by atoms with Crippen molar-refractivity contribution in [3.63, 3.8) is 0 Å². The van der Waals surface area contributed by atoms with Gasteiger partial charge >= 0.3 is 0 Å². The lowest BCUT2D eigenvalue weighted by molar-refractivity contribution is -0.266. The first-order valence-corrected chi connectivity index (χ1v) is 9.89. The summed E-state index contributed by atoms with van der Waals surface area (Å²) in [5.74, 6) is 0.837. The lowest BCUT2D eigenvalue weighted by atomic mass is 9.43. The standard InChI is InChI=1S/C20H34O4/c1-14-4-5-15-17(2,12-21)16(22)6-7-18(15,3)20(14)9-8-19(24-20)10-11-23-13-19/h14-16,21-22H,4-13H2,1-3H3/t14-,15-,16-,17+,18+,19+,20-/m1/s1. The molecule has 2 aliphatic heterocycles.